The summed E-state index contributed by atoms with van der Waals surface area (Å²) in [5.74, 6) is -2.04. The first-order valence-corrected chi connectivity index (χ1v) is 5.16. The van der Waals surface area contributed by atoms with Gasteiger partial charge in [0.15, 0.2) is 6.10 Å². The van der Waals surface area contributed by atoms with Crippen molar-refractivity contribution in [1.82, 2.24) is 0 Å². The number of hydrogen-bond acceptors (Lipinski definition) is 5. The third kappa shape index (κ3) is 2.85. The van der Waals surface area contributed by atoms with E-state index in [1.165, 1.54) is 25.3 Å². The van der Waals surface area contributed by atoms with Gasteiger partial charge in [-0.25, -0.2) is 9.59 Å². The zero-order valence-corrected chi connectivity index (χ0v) is 9.95. The number of rotatable bonds is 4. The molecule has 6 nitrogen and oxygen atoms in total. The largest absolute Gasteiger partial charge is 0.479 e. The molecule has 0 heterocycles. The number of aliphatic carboxylic acids is 1. The summed E-state index contributed by atoms with van der Waals surface area (Å²) in [5.41, 5.74) is 1.03. The molecule has 0 saturated carbocycles. The summed E-state index contributed by atoms with van der Waals surface area (Å²) >= 11 is 0. The molecule has 1 rings (SSSR count). The van der Waals surface area contributed by atoms with Crippen LogP contribution in [-0.4, -0.2) is 40.5 Å². The second-order valence-corrected chi connectivity index (χ2v) is 3.79. The third-order valence-corrected chi connectivity index (χ3v) is 2.56. The van der Waals surface area contributed by atoms with Crippen molar-refractivity contribution in [3.05, 3.63) is 34.9 Å². The highest BCUT2D eigenvalue weighted by molar-refractivity contribution is 5.89. The molecule has 6 heteroatoms. The molecule has 2 atom stereocenters. The lowest BCUT2D eigenvalue weighted by atomic mass is 9.97. The van der Waals surface area contributed by atoms with Crippen LogP contribution in [0, 0.1) is 6.92 Å². The van der Waals surface area contributed by atoms with Gasteiger partial charge in [-0.2, -0.15) is 0 Å². The summed E-state index contributed by atoms with van der Waals surface area (Å²) in [5, 5.41) is 27.5. The number of aliphatic hydroxyl groups excluding tert-OH is 2. The average molecular weight is 254 g/mol. The van der Waals surface area contributed by atoms with Gasteiger partial charge in [-0.1, -0.05) is 6.07 Å². The van der Waals surface area contributed by atoms with Crippen molar-refractivity contribution in [2.24, 2.45) is 0 Å². The fourth-order valence-electron chi connectivity index (χ4n) is 1.56. The standard InChI is InChI=1S/C12H14O6/c1-6-5-7(12(17)18-2)3-4-8(6)9(13)10(14)11(15)16/h3-5,9-10,13-14H,1-2H3,(H,15,16). The monoisotopic (exact) mass is 254 g/mol. The lowest BCUT2D eigenvalue weighted by Crippen LogP contribution is -2.28. The molecule has 0 aliphatic rings. The first kappa shape index (κ1) is 14.1. The number of carbonyl (C=O) groups is 2. The molecule has 0 amide bonds. The maximum absolute atomic E-state index is 11.3. The van der Waals surface area contributed by atoms with Crippen LogP contribution in [0.5, 0.6) is 0 Å². The van der Waals surface area contributed by atoms with E-state index in [1.807, 2.05) is 0 Å². The van der Waals surface area contributed by atoms with E-state index in [-0.39, 0.29) is 11.1 Å². The van der Waals surface area contributed by atoms with Gasteiger partial charge < -0.3 is 20.1 Å². The first-order chi connectivity index (χ1) is 8.38. The third-order valence-electron chi connectivity index (χ3n) is 2.56. The molecule has 0 radical (unpaired) electrons. The Balaban J connectivity index is 3.06. The predicted octanol–water partition coefficient (Wildman–Crippen LogP) is 0.261. The van der Waals surface area contributed by atoms with Crippen LogP contribution in [0.25, 0.3) is 0 Å². The van der Waals surface area contributed by atoms with Crippen molar-refractivity contribution in [1.29, 1.82) is 0 Å². The van der Waals surface area contributed by atoms with Gasteiger partial charge in [0.1, 0.15) is 6.10 Å². The minimum absolute atomic E-state index is 0.248. The van der Waals surface area contributed by atoms with E-state index in [9.17, 15) is 19.8 Å². The fraction of sp³-hybridized carbons (Fsp3) is 0.333. The number of carboxylic acid groups (broad SMARTS) is 1. The summed E-state index contributed by atoms with van der Waals surface area (Å²) in [7, 11) is 1.24. The second kappa shape index (κ2) is 5.61. The number of aliphatic hydroxyl groups is 2. The summed E-state index contributed by atoms with van der Waals surface area (Å²) in [6.07, 6.45) is -3.46. The molecule has 0 bridgehead atoms. The number of carbonyl (C=O) groups excluding carboxylic acids is 1. The quantitative estimate of drug-likeness (QED) is 0.666. The van der Waals surface area contributed by atoms with E-state index in [4.69, 9.17) is 5.11 Å². The van der Waals surface area contributed by atoms with Crippen molar-refractivity contribution in [2.75, 3.05) is 7.11 Å². The van der Waals surface area contributed by atoms with Crippen LogP contribution in [-0.2, 0) is 9.53 Å². The van der Waals surface area contributed by atoms with Crippen LogP contribution >= 0.6 is 0 Å². The average Bonchev–Trinajstić information content (AvgIpc) is 2.35. The first-order valence-electron chi connectivity index (χ1n) is 5.16. The Hall–Kier alpha value is -1.92. The minimum atomic E-state index is -1.91. The zero-order chi connectivity index (χ0) is 13.9. The Morgan fingerprint density at radius 3 is 2.33 bits per heavy atom. The minimum Gasteiger partial charge on any atom is -0.479 e. The number of carboxylic acids is 1. The van der Waals surface area contributed by atoms with Crippen molar-refractivity contribution in [2.45, 2.75) is 19.1 Å². The molecule has 18 heavy (non-hydrogen) atoms. The molecule has 1 aromatic rings. The van der Waals surface area contributed by atoms with Crippen LogP contribution in [0.2, 0.25) is 0 Å². The molecule has 0 saturated heterocycles. The number of benzene rings is 1. The van der Waals surface area contributed by atoms with Gasteiger partial charge in [-0.15, -0.1) is 0 Å². The maximum atomic E-state index is 11.3. The van der Waals surface area contributed by atoms with Crippen LogP contribution in [0.3, 0.4) is 0 Å². The molecule has 98 valence electrons. The molecule has 1 aromatic carbocycles. The molecular weight excluding hydrogens is 240 g/mol. The van der Waals surface area contributed by atoms with Crippen molar-refractivity contribution in [3.63, 3.8) is 0 Å². The smallest absolute Gasteiger partial charge is 0.337 e. The van der Waals surface area contributed by atoms with Crippen LogP contribution in [0.15, 0.2) is 18.2 Å². The SMILES string of the molecule is COC(=O)c1ccc(C(O)C(O)C(=O)O)c(C)c1. The zero-order valence-electron chi connectivity index (χ0n) is 9.95. The van der Waals surface area contributed by atoms with Crippen molar-refractivity contribution < 1.29 is 29.6 Å². The van der Waals surface area contributed by atoms with Gasteiger partial charge in [0.2, 0.25) is 0 Å². The molecule has 0 spiro atoms. The van der Waals surface area contributed by atoms with Gasteiger partial charge >= 0.3 is 11.9 Å². The Labute approximate surface area is 103 Å². The number of methoxy groups -OCH3 is 1. The lowest BCUT2D eigenvalue weighted by Gasteiger charge is -2.17. The predicted molar refractivity (Wildman–Crippen MR) is 61.1 cm³/mol. The van der Waals surface area contributed by atoms with E-state index in [0.717, 1.165) is 0 Å². The van der Waals surface area contributed by atoms with Crippen molar-refractivity contribution >= 4 is 11.9 Å². The second-order valence-electron chi connectivity index (χ2n) is 3.79. The highest BCUT2D eigenvalue weighted by atomic mass is 16.5. The highest BCUT2D eigenvalue weighted by Gasteiger charge is 2.26. The normalized spacial score (nSPS) is 13.8. The molecule has 2 unspecified atom stereocenters. The maximum Gasteiger partial charge on any atom is 0.337 e. The number of aryl methyl sites for hydroxylation is 1. The molecular formula is C12H14O6. The van der Waals surface area contributed by atoms with Crippen LogP contribution < -0.4 is 0 Å². The number of esters is 1. The van der Waals surface area contributed by atoms with Gasteiger partial charge in [0.25, 0.3) is 0 Å². The lowest BCUT2D eigenvalue weighted by molar-refractivity contribution is -0.153. The van der Waals surface area contributed by atoms with E-state index >= 15 is 0 Å². The molecule has 0 aromatic heterocycles. The van der Waals surface area contributed by atoms with Crippen molar-refractivity contribution in [3.8, 4) is 0 Å². The topological polar surface area (TPSA) is 104 Å². The fourth-order valence-corrected chi connectivity index (χ4v) is 1.56. The van der Waals surface area contributed by atoms with Crippen LogP contribution in [0.4, 0.5) is 0 Å². The highest BCUT2D eigenvalue weighted by Crippen LogP contribution is 2.22. The Kier molecular flexibility index (Phi) is 4.41. The van der Waals surface area contributed by atoms with Gasteiger partial charge in [-0.05, 0) is 30.2 Å². The Morgan fingerprint density at radius 1 is 1.28 bits per heavy atom. The molecule has 3 N–H and O–H groups in total. The Bertz CT molecular complexity index is 468. The molecule has 0 aliphatic heterocycles. The molecule has 0 fully saturated rings. The van der Waals surface area contributed by atoms with E-state index in [0.29, 0.717) is 5.56 Å². The summed E-state index contributed by atoms with van der Waals surface area (Å²) < 4.78 is 4.53. The van der Waals surface area contributed by atoms with Gasteiger partial charge in [-0.3, -0.25) is 0 Å². The number of hydrogen-bond donors (Lipinski definition) is 3. The summed E-state index contributed by atoms with van der Waals surface area (Å²) in [4.78, 5) is 21.8. The van der Waals surface area contributed by atoms with E-state index < -0.39 is 24.1 Å². The summed E-state index contributed by atoms with van der Waals surface area (Å²) in [6, 6.07) is 4.24. The number of ether oxygens (including phenoxy) is 1. The molecule has 0 aliphatic carbocycles. The van der Waals surface area contributed by atoms with Crippen LogP contribution in [0.1, 0.15) is 27.6 Å². The summed E-state index contributed by atoms with van der Waals surface area (Å²) in [6.45, 7) is 1.60. The van der Waals surface area contributed by atoms with E-state index in [1.54, 1.807) is 6.92 Å². The Morgan fingerprint density at radius 2 is 1.89 bits per heavy atom. The van der Waals surface area contributed by atoms with Gasteiger partial charge in [0, 0.05) is 0 Å². The van der Waals surface area contributed by atoms with E-state index in [2.05, 4.69) is 4.74 Å². The van der Waals surface area contributed by atoms with Gasteiger partial charge in [0.05, 0.1) is 12.7 Å².